The Morgan fingerprint density at radius 2 is 2.00 bits per heavy atom. The lowest BCUT2D eigenvalue weighted by atomic mass is 9.79. The standard InChI is InChI=1S/C21H21N5OS/c27-20(18-12-28-19(24-18)17-10-22-7-8-23-17)26-14-21(15-26)6-9-25(13-21)11-16-4-2-1-3-5-16/h1-5,7-8,10,12H,6,9,11,13-15H2. The molecule has 142 valence electrons. The number of thiazole rings is 1. The van der Waals surface area contributed by atoms with Gasteiger partial charge in [-0.25, -0.2) is 4.98 Å². The molecule has 6 nitrogen and oxygen atoms in total. The number of rotatable bonds is 4. The topological polar surface area (TPSA) is 62.2 Å². The number of carbonyl (C=O) groups excluding carboxylic acids is 1. The first-order valence-corrected chi connectivity index (χ1v) is 10.4. The normalized spacial score (nSPS) is 18.4. The first kappa shape index (κ1) is 17.5. The molecular formula is C21H21N5OS. The predicted octanol–water partition coefficient (Wildman–Crippen LogP) is 2.95. The molecule has 7 heteroatoms. The Bertz CT molecular complexity index is 969. The summed E-state index contributed by atoms with van der Waals surface area (Å²) in [5.41, 5.74) is 2.83. The Hall–Kier alpha value is -2.64. The van der Waals surface area contributed by atoms with Crippen molar-refractivity contribution >= 4 is 17.2 Å². The van der Waals surface area contributed by atoms with Gasteiger partial charge in [0, 0.05) is 49.4 Å². The lowest BCUT2D eigenvalue weighted by Gasteiger charge is -2.47. The fourth-order valence-electron chi connectivity index (χ4n) is 4.23. The van der Waals surface area contributed by atoms with Gasteiger partial charge in [0.15, 0.2) is 0 Å². The van der Waals surface area contributed by atoms with Crippen molar-refractivity contribution in [3.05, 3.63) is 65.6 Å². The lowest BCUT2D eigenvalue weighted by Crippen LogP contribution is -2.59. The zero-order valence-corrected chi connectivity index (χ0v) is 16.3. The number of hydrogen-bond donors (Lipinski definition) is 0. The van der Waals surface area contributed by atoms with E-state index < -0.39 is 0 Å². The maximum atomic E-state index is 12.8. The maximum Gasteiger partial charge on any atom is 0.273 e. The van der Waals surface area contributed by atoms with Crippen LogP contribution in [0.4, 0.5) is 0 Å². The van der Waals surface area contributed by atoms with Gasteiger partial charge in [-0.05, 0) is 18.5 Å². The van der Waals surface area contributed by atoms with Crippen molar-refractivity contribution in [2.45, 2.75) is 13.0 Å². The van der Waals surface area contributed by atoms with Gasteiger partial charge in [0.2, 0.25) is 0 Å². The van der Waals surface area contributed by atoms with Crippen LogP contribution in [0.3, 0.4) is 0 Å². The van der Waals surface area contributed by atoms with E-state index in [1.165, 1.54) is 16.9 Å². The van der Waals surface area contributed by atoms with Gasteiger partial charge in [-0.2, -0.15) is 0 Å². The Morgan fingerprint density at radius 3 is 2.79 bits per heavy atom. The molecule has 2 fully saturated rings. The molecule has 1 amide bonds. The average molecular weight is 392 g/mol. The summed E-state index contributed by atoms with van der Waals surface area (Å²) in [4.78, 5) is 30.0. The van der Waals surface area contributed by atoms with Crippen molar-refractivity contribution in [3.8, 4) is 10.7 Å². The number of nitrogens with zero attached hydrogens (tertiary/aromatic N) is 5. The summed E-state index contributed by atoms with van der Waals surface area (Å²) < 4.78 is 0. The van der Waals surface area contributed by atoms with E-state index in [1.807, 2.05) is 10.3 Å². The average Bonchev–Trinajstić information content (AvgIpc) is 3.36. The van der Waals surface area contributed by atoms with Crippen LogP contribution in [0.2, 0.25) is 0 Å². The van der Waals surface area contributed by atoms with E-state index in [1.54, 1.807) is 18.6 Å². The third-order valence-electron chi connectivity index (χ3n) is 5.61. The quantitative estimate of drug-likeness (QED) is 0.684. The summed E-state index contributed by atoms with van der Waals surface area (Å²) in [6, 6.07) is 10.6. The van der Waals surface area contributed by atoms with Gasteiger partial charge >= 0.3 is 0 Å². The number of benzene rings is 1. The molecule has 28 heavy (non-hydrogen) atoms. The lowest BCUT2D eigenvalue weighted by molar-refractivity contribution is 0.00997. The summed E-state index contributed by atoms with van der Waals surface area (Å²) in [5.74, 6) is 0.0264. The summed E-state index contributed by atoms with van der Waals surface area (Å²) in [6.07, 6.45) is 6.10. The zero-order chi connectivity index (χ0) is 19.0. The minimum absolute atomic E-state index is 0.0264. The summed E-state index contributed by atoms with van der Waals surface area (Å²) in [7, 11) is 0. The highest BCUT2D eigenvalue weighted by Crippen LogP contribution is 2.40. The number of carbonyl (C=O) groups is 1. The molecule has 2 saturated heterocycles. The van der Waals surface area contributed by atoms with Crippen LogP contribution in [0.1, 0.15) is 22.5 Å². The zero-order valence-electron chi connectivity index (χ0n) is 15.5. The van der Waals surface area contributed by atoms with Crippen molar-refractivity contribution < 1.29 is 4.79 Å². The van der Waals surface area contributed by atoms with E-state index in [2.05, 4.69) is 50.2 Å². The number of hydrogen-bond acceptors (Lipinski definition) is 6. The molecule has 0 saturated carbocycles. The smallest absolute Gasteiger partial charge is 0.273 e. The molecule has 2 aliphatic rings. The van der Waals surface area contributed by atoms with Crippen LogP contribution >= 0.6 is 11.3 Å². The van der Waals surface area contributed by atoms with Crippen molar-refractivity contribution in [1.29, 1.82) is 0 Å². The van der Waals surface area contributed by atoms with E-state index in [0.29, 0.717) is 11.4 Å². The second kappa shape index (κ2) is 7.07. The fourth-order valence-corrected chi connectivity index (χ4v) is 4.98. The SMILES string of the molecule is O=C(c1csc(-c2cnccn2)n1)N1CC2(CCN(Cc3ccccc3)C2)C1. The Kier molecular flexibility index (Phi) is 4.41. The minimum Gasteiger partial charge on any atom is -0.336 e. The molecule has 4 heterocycles. The molecule has 1 spiro atoms. The van der Waals surface area contributed by atoms with Crippen LogP contribution < -0.4 is 0 Å². The van der Waals surface area contributed by atoms with Gasteiger partial charge in [0.25, 0.3) is 5.91 Å². The first-order valence-electron chi connectivity index (χ1n) is 9.48. The second-order valence-electron chi connectivity index (χ2n) is 7.74. The predicted molar refractivity (Wildman–Crippen MR) is 108 cm³/mol. The summed E-state index contributed by atoms with van der Waals surface area (Å²) in [6.45, 7) is 4.81. The molecule has 1 aromatic carbocycles. The van der Waals surface area contributed by atoms with Crippen LogP contribution in [-0.4, -0.2) is 56.8 Å². The highest BCUT2D eigenvalue weighted by Gasteiger charge is 2.49. The molecule has 2 aliphatic heterocycles. The molecule has 0 aliphatic carbocycles. The number of likely N-dealkylation sites (tertiary alicyclic amines) is 2. The Morgan fingerprint density at radius 1 is 1.14 bits per heavy atom. The van der Waals surface area contributed by atoms with E-state index in [-0.39, 0.29) is 11.3 Å². The molecule has 0 unspecified atom stereocenters. The number of amides is 1. The van der Waals surface area contributed by atoms with Crippen LogP contribution in [0.5, 0.6) is 0 Å². The first-order chi connectivity index (χ1) is 13.7. The van der Waals surface area contributed by atoms with Gasteiger partial charge in [0.05, 0.1) is 6.20 Å². The van der Waals surface area contributed by atoms with Crippen LogP contribution in [0.25, 0.3) is 10.7 Å². The molecule has 0 bridgehead atoms. The number of aromatic nitrogens is 3. The Balaban J connectivity index is 1.19. The summed E-state index contributed by atoms with van der Waals surface area (Å²) >= 11 is 1.44. The van der Waals surface area contributed by atoms with Crippen molar-refractivity contribution in [3.63, 3.8) is 0 Å². The monoisotopic (exact) mass is 391 g/mol. The van der Waals surface area contributed by atoms with Crippen molar-refractivity contribution in [2.24, 2.45) is 5.41 Å². The van der Waals surface area contributed by atoms with E-state index in [9.17, 15) is 4.79 Å². The third-order valence-corrected chi connectivity index (χ3v) is 6.48. The summed E-state index contributed by atoms with van der Waals surface area (Å²) in [5, 5.41) is 2.56. The van der Waals surface area contributed by atoms with E-state index >= 15 is 0 Å². The minimum atomic E-state index is 0.0264. The second-order valence-corrected chi connectivity index (χ2v) is 8.59. The molecule has 2 aromatic heterocycles. The highest BCUT2D eigenvalue weighted by atomic mass is 32.1. The fraction of sp³-hybridized carbons (Fsp3) is 0.333. The maximum absolute atomic E-state index is 12.8. The van der Waals surface area contributed by atoms with Crippen LogP contribution in [-0.2, 0) is 6.54 Å². The van der Waals surface area contributed by atoms with Gasteiger partial charge in [-0.1, -0.05) is 30.3 Å². The molecular weight excluding hydrogens is 370 g/mol. The molecule has 0 atom stereocenters. The molecule has 3 aromatic rings. The van der Waals surface area contributed by atoms with E-state index in [4.69, 9.17) is 0 Å². The van der Waals surface area contributed by atoms with E-state index in [0.717, 1.165) is 44.2 Å². The van der Waals surface area contributed by atoms with Crippen molar-refractivity contribution in [1.82, 2.24) is 24.8 Å². The van der Waals surface area contributed by atoms with Gasteiger partial charge < -0.3 is 4.90 Å². The third kappa shape index (κ3) is 3.31. The van der Waals surface area contributed by atoms with Gasteiger partial charge in [0.1, 0.15) is 16.4 Å². The van der Waals surface area contributed by atoms with Crippen LogP contribution in [0, 0.1) is 5.41 Å². The Labute approximate surface area is 167 Å². The molecule has 0 radical (unpaired) electrons. The molecule has 5 rings (SSSR count). The molecule has 0 N–H and O–H groups in total. The van der Waals surface area contributed by atoms with Gasteiger partial charge in [-0.15, -0.1) is 11.3 Å². The van der Waals surface area contributed by atoms with Crippen molar-refractivity contribution in [2.75, 3.05) is 26.2 Å². The van der Waals surface area contributed by atoms with Gasteiger partial charge in [-0.3, -0.25) is 19.7 Å². The largest absolute Gasteiger partial charge is 0.336 e. The highest BCUT2D eigenvalue weighted by molar-refractivity contribution is 7.13. The van der Waals surface area contributed by atoms with Crippen LogP contribution in [0.15, 0.2) is 54.3 Å².